The Morgan fingerprint density at radius 3 is 2.60 bits per heavy atom. The number of aliphatic hydroxyl groups is 1. The summed E-state index contributed by atoms with van der Waals surface area (Å²) in [5, 5.41) is 10.6. The van der Waals surface area contributed by atoms with Crippen LogP contribution in [0.4, 0.5) is 0 Å². The maximum atomic E-state index is 10.6. The molecule has 2 aromatic rings. The SMILES string of the molecule is OC(c1ccc2c(c1)OCCO2)c1cc(Br)ccc1I. The Morgan fingerprint density at radius 2 is 1.80 bits per heavy atom. The third-order valence-corrected chi connectivity index (χ3v) is 4.61. The molecule has 0 spiro atoms. The highest BCUT2D eigenvalue weighted by molar-refractivity contribution is 14.1. The predicted molar refractivity (Wildman–Crippen MR) is 88.4 cm³/mol. The minimum atomic E-state index is -0.685. The van der Waals surface area contributed by atoms with Gasteiger partial charge >= 0.3 is 0 Å². The molecule has 104 valence electrons. The van der Waals surface area contributed by atoms with Gasteiger partial charge in [-0.2, -0.15) is 0 Å². The Labute approximate surface area is 139 Å². The Hall–Kier alpha value is -0.790. The lowest BCUT2D eigenvalue weighted by Crippen LogP contribution is -2.15. The van der Waals surface area contributed by atoms with E-state index in [-0.39, 0.29) is 0 Å². The van der Waals surface area contributed by atoms with Gasteiger partial charge in [0, 0.05) is 8.04 Å². The Balaban J connectivity index is 1.97. The van der Waals surface area contributed by atoms with E-state index >= 15 is 0 Å². The van der Waals surface area contributed by atoms with E-state index in [9.17, 15) is 5.11 Å². The van der Waals surface area contributed by atoms with Crippen molar-refractivity contribution in [3.63, 3.8) is 0 Å². The molecule has 0 aromatic heterocycles. The molecule has 0 bridgehead atoms. The van der Waals surface area contributed by atoms with Crippen LogP contribution in [-0.4, -0.2) is 18.3 Å². The van der Waals surface area contributed by atoms with E-state index < -0.39 is 6.10 Å². The molecule has 1 aliphatic rings. The zero-order valence-electron chi connectivity index (χ0n) is 10.5. The molecule has 1 aliphatic heterocycles. The lowest BCUT2D eigenvalue weighted by Gasteiger charge is -2.20. The van der Waals surface area contributed by atoms with Gasteiger partial charge in [0.05, 0.1) is 0 Å². The molecule has 1 N–H and O–H groups in total. The smallest absolute Gasteiger partial charge is 0.161 e. The normalized spacial score (nSPS) is 14.9. The first kappa shape index (κ1) is 14.2. The molecule has 0 amide bonds. The van der Waals surface area contributed by atoms with Crippen LogP contribution in [-0.2, 0) is 0 Å². The van der Waals surface area contributed by atoms with E-state index in [0.717, 1.165) is 24.9 Å². The molecule has 1 heterocycles. The average Bonchev–Trinajstić information content (AvgIpc) is 2.48. The van der Waals surface area contributed by atoms with Crippen LogP contribution >= 0.6 is 38.5 Å². The summed E-state index contributed by atoms with van der Waals surface area (Å²) in [5.41, 5.74) is 1.67. The Bertz CT molecular complexity index is 645. The quantitative estimate of drug-likeness (QED) is 0.711. The molecule has 5 heteroatoms. The predicted octanol–water partition coefficient (Wildman–Crippen LogP) is 3.91. The Morgan fingerprint density at radius 1 is 1.05 bits per heavy atom. The molecule has 0 fully saturated rings. The van der Waals surface area contributed by atoms with Gasteiger partial charge in [0.1, 0.15) is 19.3 Å². The van der Waals surface area contributed by atoms with Gasteiger partial charge in [-0.05, 0) is 64.0 Å². The second kappa shape index (κ2) is 5.91. The van der Waals surface area contributed by atoms with Crippen LogP contribution in [0.3, 0.4) is 0 Å². The minimum absolute atomic E-state index is 0.543. The van der Waals surface area contributed by atoms with E-state index in [1.807, 2.05) is 36.4 Å². The van der Waals surface area contributed by atoms with Gasteiger partial charge in [-0.15, -0.1) is 0 Å². The molecule has 1 unspecified atom stereocenters. The van der Waals surface area contributed by atoms with Crippen LogP contribution in [0, 0.1) is 3.57 Å². The number of hydrogen-bond acceptors (Lipinski definition) is 3. The maximum Gasteiger partial charge on any atom is 0.161 e. The molecule has 0 aliphatic carbocycles. The lowest BCUT2D eigenvalue weighted by atomic mass is 10.0. The van der Waals surface area contributed by atoms with Crippen molar-refractivity contribution < 1.29 is 14.6 Å². The monoisotopic (exact) mass is 446 g/mol. The van der Waals surface area contributed by atoms with Crippen molar-refractivity contribution >= 4 is 38.5 Å². The Kier molecular flexibility index (Phi) is 4.18. The molecular weight excluding hydrogens is 435 g/mol. The number of fused-ring (bicyclic) bond motifs is 1. The van der Waals surface area contributed by atoms with Gasteiger partial charge in [0.2, 0.25) is 0 Å². The van der Waals surface area contributed by atoms with Crippen molar-refractivity contribution in [2.24, 2.45) is 0 Å². The van der Waals surface area contributed by atoms with Crippen LogP contribution in [0.25, 0.3) is 0 Å². The zero-order valence-corrected chi connectivity index (χ0v) is 14.2. The maximum absolute atomic E-state index is 10.6. The number of aliphatic hydroxyl groups excluding tert-OH is 1. The molecule has 1 atom stereocenters. The van der Waals surface area contributed by atoms with Gasteiger partial charge in [-0.25, -0.2) is 0 Å². The zero-order chi connectivity index (χ0) is 14.1. The fourth-order valence-corrected chi connectivity index (χ4v) is 3.14. The fraction of sp³-hybridized carbons (Fsp3) is 0.200. The first-order valence-electron chi connectivity index (χ1n) is 6.18. The van der Waals surface area contributed by atoms with Crippen molar-refractivity contribution in [1.29, 1.82) is 0 Å². The molecule has 3 rings (SSSR count). The molecular formula is C15H12BrIO3. The second-order valence-electron chi connectivity index (χ2n) is 4.47. The van der Waals surface area contributed by atoms with E-state index in [1.165, 1.54) is 0 Å². The highest BCUT2D eigenvalue weighted by atomic mass is 127. The molecule has 0 saturated carbocycles. The van der Waals surface area contributed by atoms with Crippen LogP contribution in [0.15, 0.2) is 40.9 Å². The van der Waals surface area contributed by atoms with Gasteiger partial charge in [-0.3, -0.25) is 0 Å². The second-order valence-corrected chi connectivity index (χ2v) is 6.55. The fourth-order valence-electron chi connectivity index (χ4n) is 2.13. The average molecular weight is 447 g/mol. The number of halogens is 2. The summed E-state index contributed by atoms with van der Waals surface area (Å²) in [5.74, 6) is 1.42. The first-order valence-corrected chi connectivity index (χ1v) is 8.05. The molecule has 20 heavy (non-hydrogen) atoms. The molecule has 0 saturated heterocycles. The number of ether oxygens (including phenoxy) is 2. The molecule has 2 aromatic carbocycles. The van der Waals surface area contributed by atoms with Gasteiger partial charge in [-0.1, -0.05) is 22.0 Å². The number of benzene rings is 2. The van der Waals surface area contributed by atoms with E-state index in [2.05, 4.69) is 38.5 Å². The standard InChI is InChI=1S/C15H12BrIO3/c16-10-2-3-12(17)11(8-10)15(18)9-1-4-13-14(7-9)20-6-5-19-13/h1-4,7-8,15,18H,5-6H2. The van der Waals surface area contributed by atoms with E-state index in [4.69, 9.17) is 9.47 Å². The van der Waals surface area contributed by atoms with Crippen molar-refractivity contribution in [3.8, 4) is 11.5 Å². The van der Waals surface area contributed by atoms with Crippen molar-refractivity contribution in [1.82, 2.24) is 0 Å². The van der Waals surface area contributed by atoms with Crippen molar-refractivity contribution in [2.45, 2.75) is 6.10 Å². The number of rotatable bonds is 2. The summed E-state index contributed by atoms with van der Waals surface area (Å²) in [4.78, 5) is 0. The summed E-state index contributed by atoms with van der Waals surface area (Å²) in [6, 6.07) is 11.4. The highest BCUT2D eigenvalue weighted by Gasteiger charge is 2.18. The highest BCUT2D eigenvalue weighted by Crippen LogP contribution is 2.35. The lowest BCUT2D eigenvalue weighted by molar-refractivity contribution is 0.169. The third kappa shape index (κ3) is 2.80. The van der Waals surface area contributed by atoms with Crippen LogP contribution in [0.2, 0.25) is 0 Å². The van der Waals surface area contributed by atoms with Crippen molar-refractivity contribution in [3.05, 3.63) is 55.6 Å². The third-order valence-electron chi connectivity index (χ3n) is 3.13. The largest absolute Gasteiger partial charge is 0.486 e. The summed E-state index contributed by atoms with van der Waals surface area (Å²) < 4.78 is 13.0. The van der Waals surface area contributed by atoms with Crippen molar-refractivity contribution in [2.75, 3.05) is 13.2 Å². The minimum Gasteiger partial charge on any atom is -0.486 e. The summed E-state index contributed by atoms with van der Waals surface area (Å²) in [7, 11) is 0. The van der Waals surface area contributed by atoms with Crippen LogP contribution in [0.1, 0.15) is 17.2 Å². The molecule has 3 nitrogen and oxygen atoms in total. The van der Waals surface area contributed by atoms with Crippen LogP contribution in [0.5, 0.6) is 11.5 Å². The van der Waals surface area contributed by atoms with E-state index in [0.29, 0.717) is 19.0 Å². The molecule has 0 radical (unpaired) electrons. The van der Waals surface area contributed by atoms with Gasteiger partial charge in [0.25, 0.3) is 0 Å². The van der Waals surface area contributed by atoms with E-state index in [1.54, 1.807) is 0 Å². The van der Waals surface area contributed by atoms with Gasteiger partial charge < -0.3 is 14.6 Å². The number of hydrogen-bond donors (Lipinski definition) is 1. The van der Waals surface area contributed by atoms with Gasteiger partial charge in [0.15, 0.2) is 11.5 Å². The first-order chi connectivity index (χ1) is 9.65. The summed E-state index contributed by atoms with van der Waals surface area (Å²) in [6.07, 6.45) is -0.685. The van der Waals surface area contributed by atoms with Crippen LogP contribution < -0.4 is 9.47 Å². The summed E-state index contributed by atoms with van der Waals surface area (Å²) in [6.45, 7) is 1.11. The summed E-state index contributed by atoms with van der Waals surface area (Å²) >= 11 is 5.66. The topological polar surface area (TPSA) is 38.7 Å².